The fraction of sp³-hybridized carbons (Fsp3) is 0.409. The highest BCUT2D eigenvalue weighted by Gasteiger charge is 2.33. The minimum Gasteiger partial charge on any atom is -0.497 e. The average molecular weight is 433 g/mol. The van der Waals surface area contributed by atoms with E-state index < -0.39 is 10.0 Å². The molecule has 0 bridgehead atoms. The molecule has 0 aliphatic carbocycles. The number of piperidine rings is 1. The van der Waals surface area contributed by atoms with E-state index in [2.05, 4.69) is 5.32 Å². The molecule has 1 aliphatic heterocycles. The van der Waals surface area contributed by atoms with Gasteiger partial charge in [0, 0.05) is 25.2 Å². The topological polar surface area (TPSA) is 84.9 Å². The Labute approximate surface area is 178 Å². The van der Waals surface area contributed by atoms with Crippen molar-refractivity contribution in [3.63, 3.8) is 0 Å². The molecular formula is C22H28N2O5S. The summed E-state index contributed by atoms with van der Waals surface area (Å²) in [5.41, 5.74) is 0.895. The molecule has 7 nitrogen and oxygen atoms in total. The van der Waals surface area contributed by atoms with Crippen LogP contribution in [0.3, 0.4) is 0 Å². The first-order valence-corrected chi connectivity index (χ1v) is 11.5. The third-order valence-corrected chi connectivity index (χ3v) is 7.06. The smallest absolute Gasteiger partial charge is 0.243 e. The van der Waals surface area contributed by atoms with Gasteiger partial charge in [-0.2, -0.15) is 4.31 Å². The van der Waals surface area contributed by atoms with Crippen molar-refractivity contribution in [1.82, 2.24) is 9.62 Å². The van der Waals surface area contributed by atoms with Crippen LogP contribution in [0.4, 0.5) is 0 Å². The Kier molecular flexibility index (Phi) is 7.33. The lowest BCUT2D eigenvalue weighted by atomic mass is 9.98. The summed E-state index contributed by atoms with van der Waals surface area (Å²) < 4.78 is 38.1. The number of ether oxygens (including phenoxy) is 2. The van der Waals surface area contributed by atoms with E-state index in [0.29, 0.717) is 38.3 Å². The first-order valence-electron chi connectivity index (χ1n) is 10.1. The van der Waals surface area contributed by atoms with E-state index >= 15 is 0 Å². The lowest BCUT2D eigenvalue weighted by molar-refractivity contribution is -0.126. The van der Waals surface area contributed by atoms with Gasteiger partial charge in [0.25, 0.3) is 0 Å². The predicted octanol–water partition coefficient (Wildman–Crippen LogP) is 2.81. The predicted molar refractivity (Wildman–Crippen MR) is 114 cm³/mol. The normalized spacial score (nSPS) is 17.3. The highest BCUT2D eigenvalue weighted by atomic mass is 32.2. The van der Waals surface area contributed by atoms with E-state index in [0.717, 1.165) is 11.3 Å². The maximum absolute atomic E-state index is 13.0. The molecule has 162 valence electrons. The number of rotatable bonds is 8. The van der Waals surface area contributed by atoms with Crippen molar-refractivity contribution in [3.05, 3.63) is 54.1 Å². The molecule has 3 rings (SSSR count). The molecule has 1 aliphatic rings. The Hall–Kier alpha value is -2.58. The molecule has 1 fully saturated rings. The summed E-state index contributed by atoms with van der Waals surface area (Å²) in [6.07, 6.45) is 1.30. The van der Waals surface area contributed by atoms with E-state index in [1.165, 1.54) is 23.5 Å². The van der Waals surface area contributed by atoms with Crippen LogP contribution in [0.25, 0.3) is 0 Å². The Bertz CT molecular complexity index is 960. The molecule has 0 saturated carbocycles. The molecule has 1 N–H and O–H groups in total. The van der Waals surface area contributed by atoms with Crippen LogP contribution in [-0.4, -0.2) is 45.4 Å². The van der Waals surface area contributed by atoms with Crippen molar-refractivity contribution in [3.8, 4) is 11.5 Å². The molecule has 1 saturated heterocycles. The van der Waals surface area contributed by atoms with E-state index in [-0.39, 0.29) is 23.3 Å². The molecule has 0 radical (unpaired) electrons. The molecule has 2 aromatic rings. The van der Waals surface area contributed by atoms with Gasteiger partial charge >= 0.3 is 0 Å². The number of sulfonamides is 1. The van der Waals surface area contributed by atoms with Crippen LogP contribution in [0.5, 0.6) is 11.5 Å². The van der Waals surface area contributed by atoms with Gasteiger partial charge in [0.2, 0.25) is 15.9 Å². The van der Waals surface area contributed by atoms with Gasteiger partial charge in [0.05, 0.1) is 24.5 Å². The lowest BCUT2D eigenvalue weighted by Gasteiger charge is -2.31. The van der Waals surface area contributed by atoms with Gasteiger partial charge in [-0.3, -0.25) is 4.79 Å². The number of nitrogens with zero attached hydrogens (tertiary/aromatic N) is 1. The quantitative estimate of drug-likeness (QED) is 0.693. The number of nitrogens with one attached hydrogen (secondary N) is 1. The first kappa shape index (κ1) is 22.1. The number of hydrogen-bond acceptors (Lipinski definition) is 5. The largest absolute Gasteiger partial charge is 0.497 e. The van der Waals surface area contributed by atoms with Gasteiger partial charge in [-0.25, -0.2) is 8.42 Å². The molecule has 0 unspecified atom stereocenters. The van der Waals surface area contributed by atoms with Crippen molar-refractivity contribution < 1.29 is 22.7 Å². The standard InChI is InChI=1S/C22H28N2O5S/c1-3-29-21-9-5-4-7-17(21)15-23-22(25)18-8-6-14-24(16-18)30(26,27)20-12-10-19(28-2)11-13-20/h4-5,7,9-13,18H,3,6,8,14-16H2,1-2H3,(H,23,25)/t18-/m1/s1. The van der Waals surface area contributed by atoms with Gasteiger partial charge in [0.1, 0.15) is 11.5 Å². The Morgan fingerprint density at radius 1 is 1.17 bits per heavy atom. The maximum Gasteiger partial charge on any atom is 0.243 e. The monoisotopic (exact) mass is 432 g/mol. The van der Waals surface area contributed by atoms with Crippen LogP contribution >= 0.6 is 0 Å². The van der Waals surface area contributed by atoms with Crippen molar-refractivity contribution in [2.24, 2.45) is 5.92 Å². The molecular weight excluding hydrogens is 404 g/mol. The molecule has 8 heteroatoms. The van der Waals surface area contributed by atoms with Crippen LogP contribution in [0, 0.1) is 5.92 Å². The Balaban J connectivity index is 1.64. The third-order valence-electron chi connectivity index (χ3n) is 5.18. The molecule has 1 atom stereocenters. The zero-order chi connectivity index (χ0) is 21.6. The lowest BCUT2D eigenvalue weighted by Crippen LogP contribution is -2.45. The molecule has 2 aromatic carbocycles. The molecule has 1 amide bonds. The number of carbonyl (C=O) groups is 1. The SMILES string of the molecule is CCOc1ccccc1CNC(=O)[C@@H]1CCCN(S(=O)(=O)c2ccc(OC)cc2)C1. The molecule has 30 heavy (non-hydrogen) atoms. The molecule has 0 spiro atoms. The van der Waals surface area contributed by atoms with Crippen molar-refractivity contribution in [2.75, 3.05) is 26.8 Å². The maximum atomic E-state index is 13.0. The number of methoxy groups -OCH3 is 1. The summed E-state index contributed by atoms with van der Waals surface area (Å²) in [5.74, 6) is 0.812. The fourth-order valence-corrected chi connectivity index (χ4v) is 5.07. The summed E-state index contributed by atoms with van der Waals surface area (Å²) >= 11 is 0. The van der Waals surface area contributed by atoms with Gasteiger partial charge < -0.3 is 14.8 Å². The first-order chi connectivity index (χ1) is 14.5. The van der Waals surface area contributed by atoms with Gasteiger partial charge in [-0.05, 0) is 50.1 Å². The van der Waals surface area contributed by atoms with Crippen LogP contribution in [0.2, 0.25) is 0 Å². The second-order valence-electron chi connectivity index (χ2n) is 7.14. The number of carbonyl (C=O) groups excluding carboxylic acids is 1. The van der Waals surface area contributed by atoms with E-state index in [4.69, 9.17) is 9.47 Å². The van der Waals surface area contributed by atoms with Crippen LogP contribution in [-0.2, 0) is 21.4 Å². The number of hydrogen-bond donors (Lipinski definition) is 1. The minimum atomic E-state index is -3.66. The van der Waals surface area contributed by atoms with E-state index in [1.54, 1.807) is 12.1 Å². The van der Waals surface area contributed by atoms with Crippen LogP contribution in [0.1, 0.15) is 25.3 Å². The molecule has 1 heterocycles. The van der Waals surface area contributed by atoms with Gasteiger partial charge in [-0.15, -0.1) is 0 Å². The number of benzene rings is 2. The summed E-state index contributed by atoms with van der Waals surface area (Å²) in [7, 11) is -2.12. The summed E-state index contributed by atoms with van der Waals surface area (Å²) in [4.78, 5) is 12.9. The molecule has 0 aromatic heterocycles. The summed E-state index contributed by atoms with van der Waals surface area (Å²) in [6, 6.07) is 13.9. The zero-order valence-corrected chi connectivity index (χ0v) is 18.2. The van der Waals surface area contributed by atoms with Crippen LogP contribution in [0.15, 0.2) is 53.4 Å². The minimum absolute atomic E-state index is 0.143. The Morgan fingerprint density at radius 2 is 1.90 bits per heavy atom. The van der Waals surface area contributed by atoms with Crippen molar-refractivity contribution in [2.45, 2.75) is 31.2 Å². The van der Waals surface area contributed by atoms with Crippen molar-refractivity contribution >= 4 is 15.9 Å². The highest BCUT2D eigenvalue weighted by molar-refractivity contribution is 7.89. The van der Waals surface area contributed by atoms with Gasteiger partial charge in [0.15, 0.2) is 0 Å². The van der Waals surface area contributed by atoms with Crippen molar-refractivity contribution in [1.29, 1.82) is 0 Å². The average Bonchev–Trinajstić information content (AvgIpc) is 2.78. The third kappa shape index (κ3) is 5.12. The second-order valence-corrected chi connectivity index (χ2v) is 9.07. The fourth-order valence-electron chi connectivity index (χ4n) is 3.54. The second kappa shape index (κ2) is 9.95. The zero-order valence-electron chi connectivity index (χ0n) is 17.3. The van der Waals surface area contributed by atoms with Crippen LogP contribution < -0.4 is 14.8 Å². The number of para-hydroxylation sites is 1. The summed E-state index contributed by atoms with van der Waals surface area (Å²) in [6.45, 7) is 3.39. The summed E-state index contributed by atoms with van der Waals surface area (Å²) in [5, 5.41) is 2.94. The van der Waals surface area contributed by atoms with E-state index in [1.807, 2.05) is 31.2 Å². The number of amides is 1. The van der Waals surface area contributed by atoms with Gasteiger partial charge in [-0.1, -0.05) is 18.2 Å². The van der Waals surface area contributed by atoms with E-state index in [9.17, 15) is 13.2 Å². The highest BCUT2D eigenvalue weighted by Crippen LogP contribution is 2.25. The Morgan fingerprint density at radius 3 is 2.60 bits per heavy atom.